The van der Waals surface area contributed by atoms with Crippen molar-refractivity contribution in [1.29, 1.82) is 0 Å². The number of fused-ring (bicyclic) bond motifs is 1. The predicted octanol–water partition coefficient (Wildman–Crippen LogP) is 1.19. The van der Waals surface area contributed by atoms with Crippen LogP contribution in [0.2, 0.25) is 0 Å². The molecule has 2 saturated heterocycles. The number of aryl methyl sites for hydroxylation is 1. The summed E-state index contributed by atoms with van der Waals surface area (Å²) in [6, 6.07) is 4.93. The number of hydrogen-bond donors (Lipinski definition) is 1. The molecule has 0 unspecified atom stereocenters. The average molecular weight is 203 g/mol. The second-order valence-electron chi connectivity index (χ2n) is 4.66. The average Bonchev–Trinajstić information content (AvgIpc) is 2.20. The van der Waals surface area contributed by atoms with Gasteiger partial charge >= 0.3 is 0 Å². The number of nitrogens with zero attached hydrogens (tertiary/aromatic N) is 2. The molecule has 0 spiro atoms. The number of aromatic nitrogens is 1. The zero-order valence-corrected chi connectivity index (χ0v) is 9.11. The minimum atomic E-state index is 0.688. The van der Waals surface area contributed by atoms with E-state index in [1.54, 1.807) is 0 Å². The first-order valence-electron chi connectivity index (χ1n) is 5.74. The third-order valence-electron chi connectivity index (χ3n) is 3.62. The third-order valence-corrected chi connectivity index (χ3v) is 3.62. The molecule has 3 heteroatoms. The first-order chi connectivity index (χ1) is 7.34. The van der Waals surface area contributed by atoms with Gasteiger partial charge in [-0.05, 0) is 43.5 Å². The van der Waals surface area contributed by atoms with Crippen molar-refractivity contribution >= 4 is 5.82 Å². The molecular formula is C12H17N3. The van der Waals surface area contributed by atoms with Crippen molar-refractivity contribution in [1.82, 2.24) is 10.3 Å². The molecule has 3 rings (SSSR count). The molecule has 1 N–H and O–H groups in total. The molecule has 0 radical (unpaired) electrons. The lowest BCUT2D eigenvalue weighted by Crippen LogP contribution is -2.63. The van der Waals surface area contributed by atoms with Gasteiger partial charge in [0.1, 0.15) is 5.82 Å². The first kappa shape index (κ1) is 9.16. The van der Waals surface area contributed by atoms with Crippen LogP contribution in [0.4, 0.5) is 5.82 Å². The molecule has 0 saturated carbocycles. The van der Waals surface area contributed by atoms with E-state index in [2.05, 4.69) is 34.3 Å². The van der Waals surface area contributed by atoms with Gasteiger partial charge in [0.15, 0.2) is 0 Å². The molecule has 2 aliphatic rings. The van der Waals surface area contributed by atoms with Gasteiger partial charge in [-0.2, -0.15) is 0 Å². The van der Waals surface area contributed by atoms with E-state index in [1.165, 1.54) is 25.1 Å². The van der Waals surface area contributed by atoms with Gasteiger partial charge in [0.25, 0.3) is 0 Å². The van der Waals surface area contributed by atoms with Gasteiger partial charge in [0.05, 0.1) is 0 Å². The maximum absolute atomic E-state index is 4.45. The van der Waals surface area contributed by atoms with E-state index in [1.807, 2.05) is 6.20 Å². The largest absolute Gasteiger partial charge is 0.352 e. The SMILES string of the molecule is Cc1ccnc(N2C[C@@H]3CCNC[C@@H]32)c1. The summed E-state index contributed by atoms with van der Waals surface area (Å²) in [4.78, 5) is 6.89. The van der Waals surface area contributed by atoms with Crippen LogP contribution in [0.5, 0.6) is 0 Å². The summed E-state index contributed by atoms with van der Waals surface area (Å²) in [7, 11) is 0. The molecule has 2 atom stereocenters. The van der Waals surface area contributed by atoms with Gasteiger partial charge in [0.2, 0.25) is 0 Å². The molecule has 2 aliphatic heterocycles. The van der Waals surface area contributed by atoms with Crippen molar-refractivity contribution in [2.24, 2.45) is 5.92 Å². The van der Waals surface area contributed by atoms with E-state index in [0.717, 1.165) is 18.3 Å². The Labute approximate surface area is 90.5 Å². The topological polar surface area (TPSA) is 28.2 Å². The van der Waals surface area contributed by atoms with Crippen LogP contribution in [0.25, 0.3) is 0 Å². The van der Waals surface area contributed by atoms with Crippen LogP contribution >= 0.6 is 0 Å². The molecule has 0 bridgehead atoms. The number of rotatable bonds is 1. The lowest BCUT2D eigenvalue weighted by atomic mass is 9.83. The Bertz CT molecular complexity index is 364. The molecule has 2 fully saturated rings. The number of piperidine rings is 1. The van der Waals surface area contributed by atoms with Crippen molar-refractivity contribution in [2.45, 2.75) is 19.4 Å². The lowest BCUT2D eigenvalue weighted by Gasteiger charge is -2.51. The summed E-state index contributed by atoms with van der Waals surface area (Å²) >= 11 is 0. The minimum absolute atomic E-state index is 0.688. The predicted molar refractivity (Wildman–Crippen MR) is 61.1 cm³/mol. The minimum Gasteiger partial charge on any atom is -0.352 e. The summed E-state index contributed by atoms with van der Waals surface area (Å²) in [5.74, 6) is 2.05. The molecule has 1 aromatic rings. The number of hydrogen-bond acceptors (Lipinski definition) is 3. The molecule has 3 nitrogen and oxygen atoms in total. The Morgan fingerprint density at radius 1 is 1.53 bits per heavy atom. The van der Waals surface area contributed by atoms with Crippen molar-refractivity contribution in [3.63, 3.8) is 0 Å². The molecule has 80 valence electrons. The molecular weight excluding hydrogens is 186 g/mol. The number of pyridine rings is 1. The van der Waals surface area contributed by atoms with Crippen molar-refractivity contribution in [3.05, 3.63) is 23.9 Å². The normalized spacial score (nSPS) is 29.5. The Morgan fingerprint density at radius 3 is 3.27 bits per heavy atom. The molecule has 0 aromatic carbocycles. The van der Waals surface area contributed by atoms with Crippen molar-refractivity contribution in [3.8, 4) is 0 Å². The van der Waals surface area contributed by atoms with E-state index in [4.69, 9.17) is 0 Å². The van der Waals surface area contributed by atoms with Crippen molar-refractivity contribution < 1.29 is 0 Å². The summed E-state index contributed by atoms with van der Waals surface area (Å²) in [5.41, 5.74) is 1.30. The van der Waals surface area contributed by atoms with E-state index >= 15 is 0 Å². The molecule has 15 heavy (non-hydrogen) atoms. The monoisotopic (exact) mass is 203 g/mol. The summed E-state index contributed by atoms with van der Waals surface area (Å²) < 4.78 is 0. The maximum atomic E-state index is 4.45. The van der Waals surface area contributed by atoms with Gasteiger partial charge in [-0.3, -0.25) is 0 Å². The van der Waals surface area contributed by atoms with Crippen LogP contribution in [-0.4, -0.2) is 30.7 Å². The van der Waals surface area contributed by atoms with Crippen LogP contribution < -0.4 is 10.2 Å². The lowest BCUT2D eigenvalue weighted by molar-refractivity contribution is 0.227. The van der Waals surface area contributed by atoms with E-state index in [0.29, 0.717) is 6.04 Å². The van der Waals surface area contributed by atoms with Crippen LogP contribution in [-0.2, 0) is 0 Å². The summed E-state index contributed by atoms with van der Waals surface area (Å²) in [6.45, 7) is 5.64. The van der Waals surface area contributed by atoms with Crippen LogP contribution in [0.15, 0.2) is 18.3 Å². The fourth-order valence-electron chi connectivity index (χ4n) is 2.66. The van der Waals surface area contributed by atoms with Gasteiger partial charge in [-0.1, -0.05) is 0 Å². The van der Waals surface area contributed by atoms with Crippen molar-refractivity contribution in [2.75, 3.05) is 24.5 Å². The summed E-state index contributed by atoms with van der Waals surface area (Å²) in [5, 5.41) is 3.46. The standard InChI is InChI=1S/C12H17N3/c1-9-2-5-14-12(6-9)15-8-10-3-4-13-7-11(10)15/h2,5-6,10-11,13H,3-4,7-8H2,1H3/t10-,11-/m0/s1. The zero-order chi connectivity index (χ0) is 10.3. The third kappa shape index (κ3) is 1.51. The fourth-order valence-corrected chi connectivity index (χ4v) is 2.66. The van der Waals surface area contributed by atoms with E-state index < -0.39 is 0 Å². The maximum Gasteiger partial charge on any atom is 0.129 e. The highest BCUT2D eigenvalue weighted by Crippen LogP contribution is 2.33. The van der Waals surface area contributed by atoms with Gasteiger partial charge in [-0.25, -0.2) is 4.98 Å². The highest BCUT2D eigenvalue weighted by Gasteiger charge is 2.40. The zero-order valence-electron chi connectivity index (χ0n) is 9.11. The van der Waals surface area contributed by atoms with Gasteiger partial charge in [0, 0.05) is 25.3 Å². The fraction of sp³-hybridized carbons (Fsp3) is 0.583. The highest BCUT2D eigenvalue weighted by molar-refractivity contribution is 5.46. The molecule has 0 aliphatic carbocycles. The van der Waals surface area contributed by atoms with Crippen LogP contribution in [0.1, 0.15) is 12.0 Å². The van der Waals surface area contributed by atoms with Gasteiger partial charge < -0.3 is 10.2 Å². The molecule has 1 aromatic heterocycles. The van der Waals surface area contributed by atoms with Crippen LogP contribution in [0.3, 0.4) is 0 Å². The Hall–Kier alpha value is -1.09. The quantitative estimate of drug-likeness (QED) is 0.743. The molecule has 3 heterocycles. The van der Waals surface area contributed by atoms with Gasteiger partial charge in [-0.15, -0.1) is 0 Å². The Balaban J connectivity index is 1.79. The highest BCUT2D eigenvalue weighted by atomic mass is 15.3. The smallest absolute Gasteiger partial charge is 0.129 e. The Morgan fingerprint density at radius 2 is 2.47 bits per heavy atom. The molecule has 0 amide bonds. The Kier molecular flexibility index (Phi) is 2.13. The number of nitrogens with one attached hydrogen (secondary N) is 1. The first-order valence-corrected chi connectivity index (χ1v) is 5.74. The van der Waals surface area contributed by atoms with E-state index in [-0.39, 0.29) is 0 Å². The van der Waals surface area contributed by atoms with Crippen LogP contribution in [0, 0.1) is 12.8 Å². The summed E-state index contributed by atoms with van der Waals surface area (Å²) in [6.07, 6.45) is 3.24. The van der Waals surface area contributed by atoms with E-state index in [9.17, 15) is 0 Å². The second-order valence-corrected chi connectivity index (χ2v) is 4.66. The second kappa shape index (κ2) is 3.49. The number of anilines is 1.